The monoisotopic (exact) mass is 715 g/mol. The first-order chi connectivity index (χ1) is 23.2. The zero-order valence-corrected chi connectivity index (χ0v) is 28.1. The van der Waals surface area contributed by atoms with Gasteiger partial charge in [-0.3, -0.25) is 4.79 Å². The third kappa shape index (κ3) is 10.0. The topological polar surface area (TPSA) is 203 Å². The molecule has 4 rings (SSSR count). The number of aliphatic hydroxyl groups excluding tert-OH is 5. The van der Waals surface area contributed by atoms with Gasteiger partial charge in [-0.15, -0.1) is 0 Å². The highest BCUT2D eigenvalue weighted by atomic mass is 19.4. The molecule has 0 bridgehead atoms. The van der Waals surface area contributed by atoms with Gasteiger partial charge in [0.05, 0.1) is 31.5 Å². The lowest BCUT2D eigenvalue weighted by Gasteiger charge is -2.48. The Morgan fingerprint density at radius 3 is 2.18 bits per heavy atom. The van der Waals surface area contributed by atoms with E-state index in [2.05, 4.69) is 0 Å². The van der Waals surface area contributed by atoms with Gasteiger partial charge in [0.2, 0.25) is 0 Å². The van der Waals surface area contributed by atoms with Crippen LogP contribution in [0.5, 0.6) is 0 Å². The van der Waals surface area contributed by atoms with Gasteiger partial charge in [0.1, 0.15) is 42.7 Å². The lowest BCUT2D eigenvalue weighted by atomic mass is 9.85. The maximum absolute atomic E-state index is 13.7. The molecule has 1 amide bonds. The third-order valence-electron chi connectivity index (χ3n) is 10.0. The molecule has 49 heavy (non-hydrogen) atoms. The van der Waals surface area contributed by atoms with Gasteiger partial charge in [-0.1, -0.05) is 45.4 Å². The molecule has 0 aromatic heterocycles. The second-order valence-corrected chi connectivity index (χ2v) is 13.7. The second kappa shape index (κ2) is 17.7. The summed E-state index contributed by atoms with van der Waals surface area (Å²) >= 11 is 0. The number of carbonyl (C=O) groups excluding carboxylic acids is 2. The quantitative estimate of drug-likeness (QED) is 0.155. The molecule has 14 nitrogen and oxygen atoms in total. The molecule has 0 radical (unpaired) electrons. The Labute approximate surface area is 283 Å². The molecule has 284 valence electrons. The molecular formula is C32H52F3NO13. The maximum atomic E-state index is 13.7. The van der Waals surface area contributed by atoms with Crippen LogP contribution >= 0.6 is 0 Å². The fraction of sp³-hybridized carbons (Fsp3) is 0.938. The Morgan fingerprint density at radius 1 is 0.857 bits per heavy atom. The van der Waals surface area contributed by atoms with Gasteiger partial charge < -0.3 is 59.3 Å². The number of hydrogen-bond donors (Lipinski definition) is 6. The lowest BCUT2D eigenvalue weighted by molar-refractivity contribution is -0.337. The fourth-order valence-corrected chi connectivity index (χ4v) is 7.25. The van der Waals surface area contributed by atoms with Crippen molar-refractivity contribution in [1.82, 2.24) is 5.32 Å². The van der Waals surface area contributed by atoms with E-state index in [0.29, 0.717) is 12.8 Å². The summed E-state index contributed by atoms with van der Waals surface area (Å²) < 4.78 is 76.0. The molecule has 4 aliphatic rings. The van der Waals surface area contributed by atoms with E-state index in [0.717, 1.165) is 32.1 Å². The highest BCUT2D eigenvalue weighted by Crippen LogP contribution is 2.37. The average molecular weight is 716 g/mol. The van der Waals surface area contributed by atoms with Crippen molar-refractivity contribution in [2.24, 2.45) is 11.8 Å². The first-order valence-electron chi connectivity index (χ1n) is 17.3. The Bertz CT molecular complexity index is 1070. The summed E-state index contributed by atoms with van der Waals surface area (Å²) in [5, 5.41) is 54.2. The summed E-state index contributed by atoms with van der Waals surface area (Å²) in [5.74, 6) is -3.38. The van der Waals surface area contributed by atoms with Crippen molar-refractivity contribution in [3.63, 3.8) is 0 Å². The number of aliphatic hydroxyl groups is 5. The molecule has 6 N–H and O–H groups in total. The largest absolute Gasteiger partial charge is 0.471 e. The Kier molecular flexibility index (Phi) is 14.5. The van der Waals surface area contributed by atoms with Crippen LogP contribution in [0.25, 0.3) is 0 Å². The Balaban J connectivity index is 1.64. The van der Waals surface area contributed by atoms with Crippen LogP contribution < -0.4 is 5.32 Å². The molecule has 2 aliphatic heterocycles. The van der Waals surface area contributed by atoms with Crippen molar-refractivity contribution >= 4 is 11.9 Å². The summed E-state index contributed by atoms with van der Waals surface area (Å²) in [6.07, 6.45) is -16.0. The number of nitrogens with one attached hydrogen (secondary N) is 1. The van der Waals surface area contributed by atoms with Crippen molar-refractivity contribution in [3.05, 3.63) is 0 Å². The van der Waals surface area contributed by atoms with Gasteiger partial charge in [-0.05, 0) is 44.9 Å². The maximum Gasteiger partial charge on any atom is 0.471 e. The van der Waals surface area contributed by atoms with Gasteiger partial charge >= 0.3 is 18.1 Å². The molecule has 4 fully saturated rings. The van der Waals surface area contributed by atoms with Gasteiger partial charge in [-0.25, -0.2) is 4.79 Å². The number of hydrogen-bond acceptors (Lipinski definition) is 13. The van der Waals surface area contributed by atoms with Crippen molar-refractivity contribution in [3.8, 4) is 0 Å². The van der Waals surface area contributed by atoms with E-state index in [1.54, 1.807) is 6.92 Å². The minimum Gasteiger partial charge on any atom is -0.464 e. The third-order valence-corrected chi connectivity index (χ3v) is 10.0. The molecule has 2 saturated heterocycles. The Hall–Kier alpha value is -1.67. The molecular weight excluding hydrogens is 663 g/mol. The molecule has 13 unspecified atom stereocenters. The number of alkyl halides is 3. The number of ether oxygens (including phenoxy) is 6. The number of carbonyl (C=O) groups is 2. The summed E-state index contributed by atoms with van der Waals surface area (Å²) in [4.78, 5) is 25.5. The van der Waals surface area contributed by atoms with Crippen LogP contribution in [0.1, 0.15) is 78.6 Å². The van der Waals surface area contributed by atoms with Gasteiger partial charge in [0, 0.05) is 0 Å². The van der Waals surface area contributed by atoms with E-state index in [4.69, 9.17) is 28.4 Å². The van der Waals surface area contributed by atoms with Crippen LogP contribution in [0.4, 0.5) is 13.2 Å². The normalized spacial score (nSPS) is 40.0. The second-order valence-electron chi connectivity index (χ2n) is 13.7. The van der Waals surface area contributed by atoms with Crippen molar-refractivity contribution < 1.29 is 76.7 Å². The van der Waals surface area contributed by atoms with Crippen LogP contribution in [0.3, 0.4) is 0 Å². The zero-order valence-electron chi connectivity index (χ0n) is 28.1. The van der Waals surface area contributed by atoms with Crippen molar-refractivity contribution in [2.75, 3.05) is 13.2 Å². The van der Waals surface area contributed by atoms with E-state index in [9.17, 15) is 48.3 Å². The predicted molar refractivity (Wildman–Crippen MR) is 161 cm³/mol. The van der Waals surface area contributed by atoms with Crippen LogP contribution in [0.2, 0.25) is 0 Å². The van der Waals surface area contributed by atoms with E-state index in [1.165, 1.54) is 6.92 Å². The van der Waals surface area contributed by atoms with Crippen LogP contribution in [0.15, 0.2) is 0 Å². The zero-order chi connectivity index (χ0) is 36.0. The van der Waals surface area contributed by atoms with Gasteiger partial charge in [-0.2, -0.15) is 13.2 Å². The van der Waals surface area contributed by atoms with Gasteiger partial charge in [0.15, 0.2) is 18.7 Å². The first-order valence-corrected chi connectivity index (χ1v) is 17.3. The summed E-state index contributed by atoms with van der Waals surface area (Å²) in [6.45, 7) is 4.07. The minimum absolute atomic E-state index is 0.00560. The van der Waals surface area contributed by atoms with E-state index >= 15 is 0 Å². The van der Waals surface area contributed by atoms with Crippen LogP contribution in [0, 0.1) is 11.8 Å². The predicted octanol–water partition coefficient (Wildman–Crippen LogP) is 0.817. The minimum atomic E-state index is -5.35. The number of rotatable bonds is 12. The smallest absolute Gasteiger partial charge is 0.464 e. The molecule has 2 aliphatic carbocycles. The van der Waals surface area contributed by atoms with Crippen LogP contribution in [-0.4, -0.2) is 136 Å². The summed E-state index contributed by atoms with van der Waals surface area (Å²) in [7, 11) is 0. The molecule has 17 heteroatoms. The lowest BCUT2D eigenvalue weighted by Crippen LogP contribution is -2.68. The van der Waals surface area contributed by atoms with Gasteiger partial charge in [0.25, 0.3) is 0 Å². The average Bonchev–Trinajstić information content (AvgIpc) is 3.06. The molecule has 2 heterocycles. The molecule has 2 saturated carbocycles. The fourth-order valence-electron chi connectivity index (χ4n) is 7.25. The molecule has 0 aromatic carbocycles. The first kappa shape index (κ1) is 40.1. The Morgan fingerprint density at radius 2 is 1.55 bits per heavy atom. The standard InChI is InChI=1S/C32H52F3NO13/c1-4-44-28(42)19(13-17-10-6-5-7-11-17)46-27-21(36-31(43)32(33,34)35)29(48-20(14-37)23(27)39)47-18-12-8-9-15(2)26(18)49-30-25(41)24(40)22(38)16(3)45-30/h15-27,29-30,37-41H,4-14H2,1-3H3,(H,36,43)/t15?,16?,18?,19-,20?,21?,22?,23?,24?,25?,26?,27?,29?,30?/m0/s1. The van der Waals surface area contributed by atoms with Crippen LogP contribution in [-0.2, 0) is 38.0 Å². The molecule has 14 atom stereocenters. The highest BCUT2D eigenvalue weighted by molar-refractivity contribution is 5.82. The van der Waals surface area contributed by atoms with Crippen molar-refractivity contribution in [1.29, 1.82) is 0 Å². The highest BCUT2D eigenvalue weighted by Gasteiger charge is 2.53. The molecule has 0 spiro atoms. The molecule has 0 aromatic rings. The van der Waals surface area contributed by atoms with E-state index < -0.39 is 104 Å². The van der Waals surface area contributed by atoms with Crippen molar-refractivity contribution in [2.45, 2.75) is 164 Å². The SMILES string of the molecule is CCOC(=O)[C@H](CC1CCCCC1)OC1C(O)C(CO)OC(OC2CCCC(C)C2OC2OC(C)C(O)C(O)C2O)C1NC(=O)C(F)(F)F. The number of esters is 1. The summed E-state index contributed by atoms with van der Waals surface area (Å²) in [5.41, 5.74) is 0. The summed E-state index contributed by atoms with van der Waals surface area (Å²) in [6, 6.07) is -1.83. The van der Waals surface area contributed by atoms with E-state index in [1.807, 2.05) is 12.2 Å². The van der Waals surface area contributed by atoms with E-state index in [-0.39, 0.29) is 31.3 Å². The number of amides is 1. The number of halogens is 3.